The van der Waals surface area contributed by atoms with E-state index < -0.39 is 0 Å². The Morgan fingerprint density at radius 3 is 2.58 bits per heavy atom. The van der Waals surface area contributed by atoms with Crippen molar-refractivity contribution in [3.8, 4) is 22.8 Å². The first-order chi connectivity index (χ1) is 9.25. The van der Waals surface area contributed by atoms with Crippen LogP contribution in [0.2, 0.25) is 5.02 Å². The van der Waals surface area contributed by atoms with Gasteiger partial charge in [0.2, 0.25) is 0 Å². The Morgan fingerprint density at radius 2 is 1.79 bits per heavy atom. The molecule has 0 saturated carbocycles. The van der Waals surface area contributed by atoms with E-state index in [0.717, 1.165) is 16.7 Å². The SMILES string of the molecule is Cc1cccc(-c2nc(-c3ccccc3)n[nH]2)c1Cl. The van der Waals surface area contributed by atoms with E-state index in [9.17, 15) is 0 Å². The van der Waals surface area contributed by atoms with Gasteiger partial charge in [-0.05, 0) is 18.6 Å². The summed E-state index contributed by atoms with van der Waals surface area (Å²) in [7, 11) is 0. The van der Waals surface area contributed by atoms with E-state index in [1.54, 1.807) is 0 Å². The summed E-state index contributed by atoms with van der Waals surface area (Å²) >= 11 is 6.30. The maximum Gasteiger partial charge on any atom is 0.181 e. The van der Waals surface area contributed by atoms with E-state index in [1.165, 1.54) is 0 Å². The van der Waals surface area contributed by atoms with Crippen LogP contribution in [0.25, 0.3) is 22.8 Å². The average Bonchev–Trinajstić information content (AvgIpc) is 2.92. The van der Waals surface area contributed by atoms with Gasteiger partial charge in [0, 0.05) is 11.1 Å². The number of hydrogen-bond acceptors (Lipinski definition) is 2. The van der Waals surface area contributed by atoms with Crippen molar-refractivity contribution in [3.63, 3.8) is 0 Å². The lowest BCUT2D eigenvalue weighted by molar-refractivity contribution is 1.10. The third-order valence-corrected chi connectivity index (χ3v) is 3.47. The van der Waals surface area contributed by atoms with E-state index in [0.29, 0.717) is 16.7 Å². The molecule has 2 aromatic carbocycles. The minimum Gasteiger partial charge on any atom is -0.259 e. The van der Waals surface area contributed by atoms with Gasteiger partial charge in [0.1, 0.15) is 0 Å². The molecule has 1 aromatic heterocycles. The highest BCUT2D eigenvalue weighted by Gasteiger charge is 2.11. The molecule has 1 heterocycles. The first kappa shape index (κ1) is 11.9. The molecule has 19 heavy (non-hydrogen) atoms. The smallest absolute Gasteiger partial charge is 0.181 e. The molecule has 0 saturated heterocycles. The van der Waals surface area contributed by atoms with Crippen LogP contribution in [0.1, 0.15) is 5.56 Å². The monoisotopic (exact) mass is 269 g/mol. The van der Waals surface area contributed by atoms with Crippen molar-refractivity contribution in [2.75, 3.05) is 0 Å². The third kappa shape index (κ3) is 2.25. The highest BCUT2D eigenvalue weighted by atomic mass is 35.5. The Kier molecular flexibility index (Phi) is 3.05. The molecule has 0 amide bonds. The molecule has 0 fully saturated rings. The fourth-order valence-electron chi connectivity index (χ4n) is 1.93. The van der Waals surface area contributed by atoms with Gasteiger partial charge in [0.05, 0.1) is 5.02 Å². The molecule has 0 spiro atoms. The van der Waals surface area contributed by atoms with Gasteiger partial charge in [-0.1, -0.05) is 54.1 Å². The van der Waals surface area contributed by atoms with Crippen LogP contribution in [0.3, 0.4) is 0 Å². The van der Waals surface area contributed by atoms with E-state index in [4.69, 9.17) is 11.6 Å². The van der Waals surface area contributed by atoms with Gasteiger partial charge < -0.3 is 0 Å². The standard InChI is InChI=1S/C15H12ClN3/c1-10-6-5-9-12(13(10)16)15-17-14(18-19-15)11-7-3-2-4-8-11/h2-9H,1H3,(H,17,18,19). The molecular weight excluding hydrogens is 258 g/mol. The van der Waals surface area contributed by atoms with Crippen LogP contribution in [-0.4, -0.2) is 15.2 Å². The molecule has 0 aliphatic rings. The lowest BCUT2D eigenvalue weighted by atomic mass is 10.1. The second-order valence-corrected chi connectivity index (χ2v) is 4.69. The number of aromatic nitrogens is 3. The van der Waals surface area contributed by atoms with Crippen LogP contribution in [-0.2, 0) is 0 Å². The minimum absolute atomic E-state index is 0.674. The zero-order chi connectivity index (χ0) is 13.2. The lowest BCUT2D eigenvalue weighted by Crippen LogP contribution is -1.85. The van der Waals surface area contributed by atoms with Crippen molar-refractivity contribution in [2.24, 2.45) is 0 Å². The Morgan fingerprint density at radius 1 is 1.00 bits per heavy atom. The highest BCUT2D eigenvalue weighted by molar-refractivity contribution is 6.33. The zero-order valence-electron chi connectivity index (χ0n) is 10.4. The molecule has 3 rings (SSSR count). The topological polar surface area (TPSA) is 41.6 Å². The maximum absolute atomic E-state index is 6.30. The van der Waals surface area contributed by atoms with Crippen LogP contribution in [0, 0.1) is 6.92 Å². The van der Waals surface area contributed by atoms with Gasteiger partial charge in [0.25, 0.3) is 0 Å². The second-order valence-electron chi connectivity index (χ2n) is 4.31. The van der Waals surface area contributed by atoms with Gasteiger partial charge >= 0.3 is 0 Å². The molecule has 0 atom stereocenters. The summed E-state index contributed by atoms with van der Waals surface area (Å²) in [6, 6.07) is 15.7. The van der Waals surface area contributed by atoms with Crippen molar-refractivity contribution in [3.05, 3.63) is 59.1 Å². The fourth-order valence-corrected chi connectivity index (χ4v) is 2.14. The Hall–Kier alpha value is -2.13. The molecule has 1 N–H and O–H groups in total. The normalized spacial score (nSPS) is 10.6. The fraction of sp³-hybridized carbons (Fsp3) is 0.0667. The predicted molar refractivity (Wildman–Crippen MR) is 77.0 cm³/mol. The minimum atomic E-state index is 0.674. The number of rotatable bonds is 2. The first-order valence-electron chi connectivity index (χ1n) is 5.99. The number of benzene rings is 2. The van der Waals surface area contributed by atoms with Gasteiger partial charge in [-0.3, -0.25) is 5.10 Å². The Bertz CT molecular complexity index is 704. The van der Waals surface area contributed by atoms with Crippen molar-refractivity contribution in [1.29, 1.82) is 0 Å². The van der Waals surface area contributed by atoms with Crippen LogP contribution >= 0.6 is 11.6 Å². The number of nitrogens with one attached hydrogen (secondary N) is 1. The molecule has 0 aliphatic heterocycles. The lowest BCUT2D eigenvalue weighted by Gasteiger charge is -2.02. The van der Waals surface area contributed by atoms with E-state index in [2.05, 4.69) is 15.2 Å². The van der Waals surface area contributed by atoms with Gasteiger partial charge in [-0.25, -0.2) is 4.98 Å². The zero-order valence-corrected chi connectivity index (χ0v) is 11.1. The number of H-pyrrole nitrogens is 1. The molecular formula is C15H12ClN3. The summed E-state index contributed by atoms with van der Waals surface area (Å²) in [4.78, 5) is 4.50. The summed E-state index contributed by atoms with van der Waals surface area (Å²) in [5.41, 5.74) is 2.88. The largest absolute Gasteiger partial charge is 0.259 e. The molecule has 94 valence electrons. The third-order valence-electron chi connectivity index (χ3n) is 2.96. The summed E-state index contributed by atoms with van der Waals surface area (Å²) in [5, 5.41) is 7.89. The Balaban J connectivity index is 2.05. The molecule has 3 aromatic rings. The average molecular weight is 270 g/mol. The first-order valence-corrected chi connectivity index (χ1v) is 6.37. The van der Waals surface area contributed by atoms with Crippen molar-refractivity contribution in [1.82, 2.24) is 15.2 Å². The summed E-state index contributed by atoms with van der Waals surface area (Å²) in [6.07, 6.45) is 0. The van der Waals surface area contributed by atoms with Crippen molar-refractivity contribution >= 4 is 11.6 Å². The molecule has 0 unspecified atom stereocenters. The van der Waals surface area contributed by atoms with Gasteiger partial charge in [-0.15, -0.1) is 0 Å². The van der Waals surface area contributed by atoms with Crippen molar-refractivity contribution in [2.45, 2.75) is 6.92 Å². The Labute approximate surface area is 116 Å². The number of hydrogen-bond donors (Lipinski definition) is 1. The van der Waals surface area contributed by atoms with E-state index in [1.807, 2.05) is 55.5 Å². The van der Waals surface area contributed by atoms with E-state index in [-0.39, 0.29) is 0 Å². The second kappa shape index (κ2) is 4.86. The number of nitrogens with zero attached hydrogens (tertiary/aromatic N) is 2. The summed E-state index contributed by atoms with van der Waals surface area (Å²) in [6.45, 7) is 1.97. The van der Waals surface area contributed by atoms with E-state index >= 15 is 0 Å². The molecule has 0 radical (unpaired) electrons. The number of aromatic amines is 1. The van der Waals surface area contributed by atoms with Crippen molar-refractivity contribution < 1.29 is 0 Å². The number of aryl methyl sites for hydroxylation is 1. The molecule has 0 aliphatic carbocycles. The van der Waals surface area contributed by atoms with Crippen LogP contribution in [0.4, 0.5) is 0 Å². The molecule has 4 heteroatoms. The highest BCUT2D eigenvalue weighted by Crippen LogP contribution is 2.28. The van der Waals surface area contributed by atoms with Crippen LogP contribution in [0.15, 0.2) is 48.5 Å². The van der Waals surface area contributed by atoms with Gasteiger partial charge in [0.15, 0.2) is 11.6 Å². The quantitative estimate of drug-likeness (QED) is 0.761. The summed E-state index contributed by atoms with van der Waals surface area (Å²) in [5.74, 6) is 1.36. The molecule has 0 bridgehead atoms. The number of halogens is 1. The maximum atomic E-state index is 6.30. The van der Waals surface area contributed by atoms with Gasteiger partial charge in [-0.2, -0.15) is 5.10 Å². The van der Waals surface area contributed by atoms with Crippen LogP contribution < -0.4 is 0 Å². The molecule has 3 nitrogen and oxygen atoms in total. The van der Waals surface area contributed by atoms with Crippen LogP contribution in [0.5, 0.6) is 0 Å². The predicted octanol–water partition coefficient (Wildman–Crippen LogP) is 4.10. The summed E-state index contributed by atoms with van der Waals surface area (Å²) < 4.78 is 0.